The molecule has 0 bridgehead atoms. The van der Waals surface area contributed by atoms with Crippen molar-refractivity contribution in [3.63, 3.8) is 0 Å². The lowest BCUT2D eigenvalue weighted by Gasteiger charge is -2.39. The highest BCUT2D eigenvalue weighted by atomic mass is 35.5. The smallest absolute Gasteiger partial charge is 0.253 e. The van der Waals surface area contributed by atoms with Gasteiger partial charge in [-0.3, -0.25) is 14.4 Å². The summed E-state index contributed by atoms with van der Waals surface area (Å²) in [7, 11) is 0. The average molecular weight is 604 g/mol. The number of ether oxygens (including phenoxy) is 1. The van der Waals surface area contributed by atoms with Gasteiger partial charge in [-0.25, -0.2) is 0 Å². The van der Waals surface area contributed by atoms with Crippen LogP contribution in [-0.2, 0) is 25.7 Å². The highest BCUT2D eigenvalue weighted by Crippen LogP contribution is 2.54. The van der Waals surface area contributed by atoms with Gasteiger partial charge in [0.1, 0.15) is 11.6 Å². The van der Waals surface area contributed by atoms with E-state index >= 15 is 0 Å². The van der Waals surface area contributed by atoms with Crippen molar-refractivity contribution in [2.24, 2.45) is 17.8 Å². The number of fused-ring (bicyclic) bond motifs is 2. The highest BCUT2D eigenvalue weighted by molar-refractivity contribution is 6.34. The van der Waals surface area contributed by atoms with Gasteiger partial charge in [0.05, 0.1) is 41.3 Å². The Morgan fingerprint density at radius 3 is 2.47 bits per heavy atom. The molecule has 1 unspecified atom stereocenters. The van der Waals surface area contributed by atoms with Gasteiger partial charge in [0.15, 0.2) is 0 Å². The Hall–Kier alpha value is -3.46. The average Bonchev–Trinajstić information content (AvgIpc) is 3.31. The number of carbonyl (C=O) groups is 3. The molecule has 0 radical (unpaired) electrons. The first-order chi connectivity index (χ1) is 20.7. The molecular formula is C34H38ClN3O5. The number of amides is 3. The van der Waals surface area contributed by atoms with Crippen LogP contribution in [0.15, 0.2) is 72.8 Å². The molecule has 4 aliphatic rings. The highest BCUT2D eigenvalue weighted by Gasteiger charge is 2.72. The van der Waals surface area contributed by atoms with Crippen LogP contribution < -0.4 is 4.90 Å². The van der Waals surface area contributed by atoms with Crippen LogP contribution in [0.3, 0.4) is 0 Å². The Morgan fingerprint density at radius 1 is 1.00 bits per heavy atom. The minimum Gasteiger partial charge on any atom is -0.394 e. The second-order valence-corrected chi connectivity index (χ2v) is 12.8. The standard InChI is InChI=1S/C34H38ClN3O5/c1-21(2)18-24(20-39)38-30-33(42)37(29-22(3)10-7-13-25(29)35)17-9-15-34(30)28(32(38)41)27-26(43-34)14-8-16-36(31(27)40)19-23-11-5-4-6-12-23/h4-15,21,24,26-28,30,39H,16-20H2,1-3H3/t24-,26+,27-,28+,30?,34+/m1/s1. The molecule has 0 aliphatic carbocycles. The molecule has 2 aromatic rings. The Labute approximate surface area is 257 Å². The predicted octanol–water partition coefficient (Wildman–Crippen LogP) is 4.14. The zero-order valence-corrected chi connectivity index (χ0v) is 25.5. The molecule has 226 valence electrons. The van der Waals surface area contributed by atoms with Crippen LogP contribution in [0.25, 0.3) is 0 Å². The van der Waals surface area contributed by atoms with E-state index in [2.05, 4.69) is 0 Å². The van der Waals surface area contributed by atoms with E-state index in [9.17, 15) is 19.5 Å². The number of likely N-dealkylation sites (tertiary alicyclic amines) is 1. The Kier molecular flexibility index (Phi) is 7.96. The maximum atomic E-state index is 14.8. The van der Waals surface area contributed by atoms with Crippen LogP contribution in [0.2, 0.25) is 5.02 Å². The summed E-state index contributed by atoms with van der Waals surface area (Å²) in [5, 5.41) is 11.0. The molecular weight excluding hydrogens is 566 g/mol. The van der Waals surface area contributed by atoms with Crippen molar-refractivity contribution in [1.82, 2.24) is 9.80 Å². The molecule has 4 aliphatic heterocycles. The summed E-state index contributed by atoms with van der Waals surface area (Å²) in [6, 6.07) is 13.5. The number of rotatable bonds is 7. The van der Waals surface area contributed by atoms with Gasteiger partial charge in [-0.1, -0.05) is 92.2 Å². The fourth-order valence-electron chi connectivity index (χ4n) is 7.45. The molecule has 6 rings (SSSR count). The lowest BCUT2D eigenvalue weighted by atomic mass is 9.77. The molecule has 43 heavy (non-hydrogen) atoms. The summed E-state index contributed by atoms with van der Waals surface area (Å²) >= 11 is 6.65. The van der Waals surface area contributed by atoms with Crippen molar-refractivity contribution < 1.29 is 24.2 Å². The first-order valence-corrected chi connectivity index (χ1v) is 15.4. The van der Waals surface area contributed by atoms with Crippen LogP contribution in [-0.4, -0.2) is 76.1 Å². The van der Waals surface area contributed by atoms with E-state index in [1.54, 1.807) is 15.9 Å². The topological polar surface area (TPSA) is 90.4 Å². The Balaban J connectivity index is 1.45. The van der Waals surface area contributed by atoms with Crippen molar-refractivity contribution in [1.29, 1.82) is 0 Å². The lowest BCUT2D eigenvalue weighted by molar-refractivity contribution is -0.147. The number of hydrogen-bond donors (Lipinski definition) is 1. The SMILES string of the molecule is Cc1cccc(Cl)c1N1CC=C[C@]23O[C@H]4C=CCN(Cc5ccccc5)C(=O)[C@H]4[C@H]2C(=O)N([C@@H](CO)CC(C)C)C3C1=O. The fourth-order valence-corrected chi connectivity index (χ4v) is 7.78. The minimum atomic E-state index is -1.38. The summed E-state index contributed by atoms with van der Waals surface area (Å²) < 4.78 is 6.78. The predicted molar refractivity (Wildman–Crippen MR) is 164 cm³/mol. The molecule has 6 atom stereocenters. The third-order valence-electron chi connectivity index (χ3n) is 9.20. The molecule has 8 nitrogen and oxygen atoms in total. The van der Waals surface area contributed by atoms with Gasteiger partial charge in [-0.15, -0.1) is 0 Å². The molecule has 1 spiro atoms. The summed E-state index contributed by atoms with van der Waals surface area (Å²) in [6.45, 7) is 6.63. The molecule has 2 aromatic carbocycles. The second kappa shape index (κ2) is 11.6. The van der Waals surface area contributed by atoms with E-state index in [0.717, 1.165) is 11.1 Å². The normalized spacial score (nSPS) is 29.1. The number of carbonyl (C=O) groups excluding carboxylic acids is 3. The van der Waals surface area contributed by atoms with Gasteiger partial charge in [-0.05, 0) is 36.5 Å². The molecule has 0 aromatic heterocycles. The summed E-state index contributed by atoms with van der Waals surface area (Å²) in [5.74, 6) is -2.44. The summed E-state index contributed by atoms with van der Waals surface area (Å²) in [5.41, 5.74) is 1.01. The first kappa shape index (κ1) is 29.6. The monoisotopic (exact) mass is 603 g/mol. The minimum absolute atomic E-state index is 0.150. The van der Waals surface area contributed by atoms with Gasteiger partial charge in [0.25, 0.3) is 5.91 Å². The molecule has 3 amide bonds. The van der Waals surface area contributed by atoms with Gasteiger partial charge < -0.3 is 24.5 Å². The zero-order chi connectivity index (χ0) is 30.5. The van der Waals surface area contributed by atoms with Crippen LogP contribution in [0.1, 0.15) is 31.4 Å². The van der Waals surface area contributed by atoms with E-state index in [0.29, 0.717) is 30.2 Å². The van der Waals surface area contributed by atoms with Crippen LogP contribution in [0.5, 0.6) is 0 Å². The van der Waals surface area contributed by atoms with Crippen LogP contribution >= 0.6 is 11.6 Å². The van der Waals surface area contributed by atoms with Crippen molar-refractivity contribution in [3.8, 4) is 0 Å². The third-order valence-corrected chi connectivity index (χ3v) is 9.51. The maximum absolute atomic E-state index is 14.8. The molecule has 2 saturated heterocycles. The number of nitrogens with zero attached hydrogens (tertiary/aromatic N) is 3. The fraction of sp³-hybridized carbons (Fsp3) is 0.441. The van der Waals surface area contributed by atoms with Gasteiger partial charge in [0, 0.05) is 19.6 Å². The van der Waals surface area contributed by atoms with Crippen molar-refractivity contribution in [2.75, 3.05) is 24.6 Å². The third kappa shape index (κ3) is 4.89. The summed E-state index contributed by atoms with van der Waals surface area (Å²) in [4.78, 5) is 48.6. The Morgan fingerprint density at radius 2 is 1.77 bits per heavy atom. The number of aryl methyl sites for hydroxylation is 1. The number of hydrogen-bond acceptors (Lipinski definition) is 5. The number of aliphatic hydroxyl groups excluding tert-OH is 1. The maximum Gasteiger partial charge on any atom is 0.253 e. The Bertz CT molecular complexity index is 1460. The van der Waals surface area contributed by atoms with Crippen LogP contribution in [0, 0.1) is 24.7 Å². The molecule has 4 heterocycles. The van der Waals surface area contributed by atoms with Crippen molar-refractivity contribution in [2.45, 2.75) is 57.5 Å². The zero-order valence-electron chi connectivity index (χ0n) is 24.7. The lowest BCUT2D eigenvalue weighted by Crippen LogP contribution is -2.58. The molecule has 0 saturated carbocycles. The van der Waals surface area contributed by atoms with E-state index in [-0.39, 0.29) is 36.8 Å². The number of aliphatic hydroxyl groups is 1. The largest absolute Gasteiger partial charge is 0.394 e. The van der Waals surface area contributed by atoms with Gasteiger partial charge in [0.2, 0.25) is 11.8 Å². The van der Waals surface area contributed by atoms with Gasteiger partial charge in [-0.2, -0.15) is 0 Å². The molecule has 1 N–H and O–H groups in total. The van der Waals surface area contributed by atoms with E-state index in [4.69, 9.17) is 16.3 Å². The van der Waals surface area contributed by atoms with E-state index in [1.807, 2.05) is 87.5 Å². The first-order valence-electron chi connectivity index (χ1n) is 15.0. The van der Waals surface area contributed by atoms with E-state index in [1.165, 1.54) is 4.90 Å². The van der Waals surface area contributed by atoms with E-state index < -0.39 is 35.6 Å². The number of halogens is 1. The molecule has 2 fully saturated rings. The number of benzene rings is 2. The number of para-hydroxylation sites is 1. The molecule has 9 heteroatoms. The van der Waals surface area contributed by atoms with Crippen molar-refractivity contribution >= 4 is 35.0 Å². The number of anilines is 1. The van der Waals surface area contributed by atoms with Crippen LogP contribution in [0.4, 0.5) is 5.69 Å². The van der Waals surface area contributed by atoms with Gasteiger partial charge >= 0.3 is 0 Å². The van der Waals surface area contributed by atoms with Crippen molar-refractivity contribution in [3.05, 3.63) is 89.0 Å². The quantitative estimate of drug-likeness (QED) is 0.481. The second-order valence-electron chi connectivity index (χ2n) is 12.4. The summed E-state index contributed by atoms with van der Waals surface area (Å²) in [6.07, 6.45) is 7.28.